The molecule has 3 heteroatoms. The molecule has 0 fully saturated rings. The van der Waals surface area contributed by atoms with E-state index in [0.29, 0.717) is 6.61 Å². The maximum Gasteiger partial charge on any atom is 0.138 e. The van der Waals surface area contributed by atoms with Gasteiger partial charge in [0, 0.05) is 5.56 Å². The number of ether oxygens (including phenoxy) is 1. The SMILES string of the molecule is CC(C)(C)c1ccc(COc2ccc(-c3nc4ccccc4[nH]3)cc2)cc1. The van der Waals surface area contributed by atoms with E-state index in [2.05, 4.69) is 55.0 Å². The predicted octanol–water partition coefficient (Wildman–Crippen LogP) is 6.11. The lowest BCUT2D eigenvalue weighted by atomic mass is 9.87. The van der Waals surface area contributed by atoms with Gasteiger partial charge in [-0.3, -0.25) is 0 Å². The molecule has 4 rings (SSSR count). The van der Waals surface area contributed by atoms with Crippen LogP contribution >= 0.6 is 0 Å². The Morgan fingerprint density at radius 2 is 1.56 bits per heavy atom. The Balaban J connectivity index is 1.43. The molecule has 1 aromatic heterocycles. The van der Waals surface area contributed by atoms with Crippen molar-refractivity contribution in [2.45, 2.75) is 32.8 Å². The van der Waals surface area contributed by atoms with E-state index in [1.54, 1.807) is 0 Å². The first-order valence-corrected chi connectivity index (χ1v) is 9.26. The van der Waals surface area contributed by atoms with Gasteiger partial charge in [0.25, 0.3) is 0 Å². The third-order valence-electron chi connectivity index (χ3n) is 4.74. The zero-order valence-corrected chi connectivity index (χ0v) is 16.0. The van der Waals surface area contributed by atoms with Crippen molar-refractivity contribution < 1.29 is 4.74 Å². The molecule has 1 heterocycles. The van der Waals surface area contributed by atoms with E-state index in [4.69, 9.17) is 4.74 Å². The molecule has 3 nitrogen and oxygen atoms in total. The quantitative estimate of drug-likeness (QED) is 0.479. The van der Waals surface area contributed by atoms with Gasteiger partial charge in [-0.1, -0.05) is 57.2 Å². The zero-order chi connectivity index (χ0) is 18.9. The minimum atomic E-state index is 0.172. The molecule has 0 aliphatic carbocycles. The summed E-state index contributed by atoms with van der Waals surface area (Å²) in [5.74, 6) is 1.73. The summed E-state index contributed by atoms with van der Waals surface area (Å²) in [6.45, 7) is 7.24. The largest absolute Gasteiger partial charge is 0.489 e. The average Bonchev–Trinajstić information content (AvgIpc) is 3.11. The Labute approximate surface area is 160 Å². The number of imidazole rings is 1. The van der Waals surface area contributed by atoms with E-state index in [-0.39, 0.29) is 5.41 Å². The lowest BCUT2D eigenvalue weighted by molar-refractivity contribution is 0.306. The van der Waals surface area contributed by atoms with Crippen LogP contribution < -0.4 is 4.74 Å². The van der Waals surface area contributed by atoms with E-state index in [0.717, 1.165) is 28.2 Å². The van der Waals surface area contributed by atoms with Gasteiger partial charge in [0.1, 0.15) is 18.2 Å². The Hall–Kier alpha value is -3.07. The number of hydrogen-bond acceptors (Lipinski definition) is 2. The molecule has 1 N–H and O–H groups in total. The molecule has 0 aliphatic heterocycles. The van der Waals surface area contributed by atoms with E-state index in [9.17, 15) is 0 Å². The van der Waals surface area contributed by atoms with Crippen LogP contribution in [0.15, 0.2) is 72.8 Å². The Bertz CT molecular complexity index is 1010. The number of nitrogens with zero attached hydrogens (tertiary/aromatic N) is 1. The Kier molecular flexibility index (Phi) is 4.44. The van der Waals surface area contributed by atoms with Gasteiger partial charge in [-0.15, -0.1) is 0 Å². The highest BCUT2D eigenvalue weighted by atomic mass is 16.5. The number of H-pyrrole nitrogens is 1. The van der Waals surface area contributed by atoms with Crippen molar-refractivity contribution in [2.24, 2.45) is 0 Å². The van der Waals surface area contributed by atoms with Crippen molar-refractivity contribution in [2.75, 3.05) is 0 Å². The number of nitrogens with one attached hydrogen (secondary N) is 1. The van der Waals surface area contributed by atoms with E-state index in [1.807, 2.05) is 48.5 Å². The summed E-state index contributed by atoms with van der Waals surface area (Å²) in [5, 5.41) is 0. The van der Waals surface area contributed by atoms with Crippen LogP contribution in [0.5, 0.6) is 5.75 Å². The topological polar surface area (TPSA) is 37.9 Å². The summed E-state index contributed by atoms with van der Waals surface area (Å²) < 4.78 is 5.94. The molecule has 0 saturated heterocycles. The second-order valence-electron chi connectivity index (χ2n) is 7.86. The number of aromatic nitrogens is 2. The second kappa shape index (κ2) is 6.92. The molecule has 3 aromatic carbocycles. The van der Waals surface area contributed by atoms with Crippen molar-refractivity contribution in [3.8, 4) is 17.1 Å². The molecule has 0 unspecified atom stereocenters. The molecule has 0 atom stereocenters. The van der Waals surface area contributed by atoms with Crippen molar-refractivity contribution in [1.29, 1.82) is 0 Å². The minimum absolute atomic E-state index is 0.172. The van der Waals surface area contributed by atoms with E-state index in [1.165, 1.54) is 11.1 Å². The van der Waals surface area contributed by atoms with Gasteiger partial charge in [-0.2, -0.15) is 0 Å². The zero-order valence-electron chi connectivity index (χ0n) is 16.0. The van der Waals surface area contributed by atoms with Gasteiger partial charge in [0.2, 0.25) is 0 Å². The first-order chi connectivity index (χ1) is 13.0. The van der Waals surface area contributed by atoms with Crippen LogP contribution in [0.4, 0.5) is 0 Å². The van der Waals surface area contributed by atoms with Gasteiger partial charge in [0.05, 0.1) is 11.0 Å². The lowest BCUT2D eigenvalue weighted by Gasteiger charge is -2.19. The van der Waals surface area contributed by atoms with Crippen LogP contribution in [0.2, 0.25) is 0 Å². The third-order valence-corrected chi connectivity index (χ3v) is 4.74. The van der Waals surface area contributed by atoms with E-state index >= 15 is 0 Å². The van der Waals surface area contributed by atoms with Gasteiger partial charge in [-0.05, 0) is 52.9 Å². The predicted molar refractivity (Wildman–Crippen MR) is 111 cm³/mol. The summed E-state index contributed by atoms with van der Waals surface area (Å²) in [7, 11) is 0. The molecule has 136 valence electrons. The molecule has 27 heavy (non-hydrogen) atoms. The summed E-state index contributed by atoms with van der Waals surface area (Å²) in [6.07, 6.45) is 0. The normalized spacial score (nSPS) is 11.7. The van der Waals surface area contributed by atoms with Crippen LogP contribution in [0.1, 0.15) is 31.9 Å². The first-order valence-electron chi connectivity index (χ1n) is 9.26. The van der Waals surface area contributed by atoms with Gasteiger partial charge in [-0.25, -0.2) is 4.98 Å². The fourth-order valence-corrected chi connectivity index (χ4v) is 3.07. The fraction of sp³-hybridized carbons (Fsp3) is 0.208. The molecule has 0 saturated carbocycles. The highest BCUT2D eigenvalue weighted by Crippen LogP contribution is 2.24. The van der Waals surface area contributed by atoms with Gasteiger partial charge < -0.3 is 9.72 Å². The summed E-state index contributed by atoms with van der Waals surface area (Å²) in [6, 6.07) is 24.8. The van der Waals surface area contributed by atoms with Crippen LogP contribution in [0.25, 0.3) is 22.4 Å². The minimum Gasteiger partial charge on any atom is -0.489 e. The smallest absolute Gasteiger partial charge is 0.138 e. The van der Waals surface area contributed by atoms with Crippen molar-refractivity contribution >= 4 is 11.0 Å². The highest BCUT2D eigenvalue weighted by Gasteiger charge is 2.12. The second-order valence-corrected chi connectivity index (χ2v) is 7.86. The summed E-state index contributed by atoms with van der Waals surface area (Å²) in [5.41, 5.74) is 5.75. The number of fused-ring (bicyclic) bond motifs is 1. The fourth-order valence-electron chi connectivity index (χ4n) is 3.07. The molecular weight excluding hydrogens is 332 g/mol. The van der Waals surface area contributed by atoms with Crippen LogP contribution in [0.3, 0.4) is 0 Å². The molecule has 0 radical (unpaired) electrons. The van der Waals surface area contributed by atoms with Gasteiger partial charge >= 0.3 is 0 Å². The third kappa shape index (κ3) is 3.87. The summed E-state index contributed by atoms with van der Waals surface area (Å²) in [4.78, 5) is 7.99. The van der Waals surface area contributed by atoms with Gasteiger partial charge in [0.15, 0.2) is 0 Å². The number of hydrogen-bond donors (Lipinski definition) is 1. The van der Waals surface area contributed by atoms with Crippen LogP contribution in [-0.2, 0) is 12.0 Å². The molecule has 4 aromatic rings. The Morgan fingerprint density at radius 3 is 2.22 bits per heavy atom. The van der Waals surface area contributed by atoms with Crippen molar-refractivity contribution in [1.82, 2.24) is 9.97 Å². The van der Waals surface area contributed by atoms with Crippen LogP contribution in [0, 0.1) is 0 Å². The number of aromatic amines is 1. The first kappa shape index (κ1) is 17.3. The number of para-hydroxylation sites is 2. The summed E-state index contributed by atoms with van der Waals surface area (Å²) >= 11 is 0. The molecule has 0 spiro atoms. The molecule has 0 aliphatic rings. The maximum atomic E-state index is 5.94. The van der Waals surface area contributed by atoms with Crippen LogP contribution in [-0.4, -0.2) is 9.97 Å². The molecule has 0 bridgehead atoms. The van der Waals surface area contributed by atoms with Crippen molar-refractivity contribution in [3.05, 3.63) is 83.9 Å². The monoisotopic (exact) mass is 356 g/mol. The number of rotatable bonds is 4. The van der Waals surface area contributed by atoms with E-state index < -0.39 is 0 Å². The molecule has 0 amide bonds. The molecular formula is C24H24N2O. The average molecular weight is 356 g/mol. The number of benzene rings is 3. The standard InChI is InChI=1S/C24H24N2O/c1-24(2,3)19-12-8-17(9-13-19)16-27-20-14-10-18(11-15-20)23-25-21-6-4-5-7-22(21)26-23/h4-15H,16H2,1-3H3,(H,25,26). The highest BCUT2D eigenvalue weighted by molar-refractivity contribution is 5.79. The lowest BCUT2D eigenvalue weighted by Crippen LogP contribution is -2.10. The maximum absolute atomic E-state index is 5.94. The Morgan fingerprint density at radius 1 is 0.852 bits per heavy atom. The van der Waals surface area contributed by atoms with Crippen molar-refractivity contribution in [3.63, 3.8) is 0 Å².